The Morgan fingerprint density at radius 1 is 1.27 bits per heavy atom. The maximum atomic E-state index is 9.08. The zero-order chi connectivity index (χ0) is 8.91. The van der Waals surface area contributed by atoms with Gasteiger partial charge in [0.15, 0.2) is 0 Å². The molecule has 0 aromatic rings. The Morgan fingerprint density at radius 3 is 2.09 bits per heavy atom. The van der Waals surface area contributed by atoms with Gasteiger partial charge in [-0.25, -0.2) is 0 Å². The summed E-state index contributed by atoms with van der Waals surface area (Å²) < 4.78 is 0. The lowest BCUT2D eigenvalue weighted by Gasteiger charge is -2.36. The molecule has 0 aromatic heterocycles. The minimum absolute atomic E-state index is 0.0508. The molecule has 0 fully saturated rings. The summed E-state index contributed by atoms with van der Waals surface area (Å²) in [5.41, 5.74) is -0.0508. The summed E-state index contributed by atoms with van der Waals surface area (Å²) in [6, 6.07) is 0. The van der Waals surface area contributed by atoms with Gasteiger partial charge in [0.1, 0.15) is 0 Å². The lowest BCUT2D eigenvalue weighted by molar-refractivity contribution is 0.0615. The lowest BCUT2D eigenvalue weighted by Crippen LogP contribution is -2.46. The van der Waals surface area contributed by atoms with Crippen LogP contribution < -0.4 is 0 Å². The largest absolute Gasteiger partial charge is 0.394 e. The zero-order valence-electron chi connectivity index (χ0n) is 8.22. The van der Waals surface area contributed by atoms with Crippen LogP contribution in [-0.4, -0.2) is 35.2 Å². The van der Waals surface area contributed by atoms with Gasteiger partial charge in [0.05, 0.1) is 6.61 Å². The van der Waals surface area contributed by atoms with Gasteiger partial charge in [-0.05, 0) is 33.4 Å². The van der Waals surface area contributed by atoms with Crippen LogP contribution in [0, 0.1) is 0 Å². The van der Waals surface area contributed by atoms with E-state index in [9.17, 15) is 0 Å². The Balaban J connectivity index is 3.99. The molecule has 0 aliphatic rings. The third-order valence-corrected chi connectivity index (χ3v) is 2.12. The molecule has 0 aliphatic heterocycles. The molecule has 0 saturated carbocycles. The lowest BCUT2D eigenvalue weighted by atomic mass is 10.0. The van der Waals surface area contributed by atoms with Gasteiger partial charge in [-0.2, -0.15) is 0 Å². The number of nitrogens with zero attached hydrogens (tertiary/aromatic N) is 1. The van der Waals surface area contributed by atoms with Crippen molar-refractivity contribution in [3.63, 3.8) is 0 Å². The second-order valence-corrected chi connectivity index (χ2v) is 3.55. The fourth-order valence-corrected chi connectivity index (χ4v) is 1.26. The molecule has 0 radical (unpaired) electrons. The van der Waals surface area contributed by atoms with Crippen molar-refractivity contribution in [3.8, 4) is 0 Å². The van der Waals surface area contributed by atoms with Gasteiger partial charge in [0, 0.05) is 5.54 Å². The normalized spacial score (nSPS) is 12.5. The molecule has 2 nitrogen and oxygen atoms in total. The number of hydrogen-bond donors (Lipinski definition) is 1. The van der Waals surface area contributed by atoms with Gasteiger partial charge in [0.2, 0.25) is 0 Å². The van der Waals surface area contributed by atoms with Crippen molar-refractivity contribution in [2.75, 3.05) is 19.7 Å². The van der Waals surface area contributed by atoms with Crippen LogP contribution in [0.25, 0.3) is 0 Å². The van der Waals surface area contributed by atoms with Crippen molar-refractivity contribution < 1.29 is 5.11 Å². The quantitative estimate of drug-likeness (QED) is 0.657. The average Bonchev–Trinajstić information content (AvgIpc) is 2.00. The van der Waals surface area contributed by atoms with E-state index in [4.69, 9.17) is 5.11 Å². The van der Waals surface area contributed by atoms with Crippen LogP contribution in [0.3, 0.4) is 0 Å². The van der Waals surface area contributed by atoms with Crippen LogP contribution in [0.1, 0.15) is 34.1 Å². The third kappa shape index (κ3) is 3.21. The predicted octanol–water partition coefficient (Wildman–Crippen LogP) is 1.49. The smallest absolute Gasteiger partial charge is 0.0610 e. The van der Waals surface area contributed by atoms with Crippen molar-refractivity contribution in [2.24, 2.45) is 0 Å². The number of likely N-dealkylation sites (N-methyl/N-ethyl adjacent to an activating group) is 1. The second-order valence-electron chi connectivity index (χ2n) is 3.55. The van der Waals surface area contributed by atoms with E-state index >= 15 is 0 Å². The van der Waals surface area contributed by atoms with Crippen LogP contribution in [0.15, 0.2) is 0 Å². The van der Waals surface area contributed by atoms with Crippen LogP contribution in [-0.2, 0) is 0 Å². The second kappa shape index (κ2) is 4.73. The van der Waals surface area contributed by atoms with Crippen molar-refractivity contribution >= 4 is 0 Å². The molecule has 1 N–H and O–H groups in total. The highest BCUT2D eigenvalue weighted by Gasteiger charge is 2.23. The number of aliphatic hydroxyl groups excluding tert-OH is 1. The molecule has 0 bridgehead atoms. The Kier molecular flexibility index (Phi) is 4.69. The molecule has 0 aliphatic carbocycles. The highest BCUT2D eigenvalue weighted by Crippen LogP contribution is 2.12. The first-order chi connectivity index (χ1) is 5.08. The minimum Gasteiger partial charge on any atom is -0.394 e. The molecule has 0 saturated heterocycles. The maximum absolute atomic E-state index is 9.08. The summed E-state index contributed by atoms with van der Waals surface area (Å²) in [4.78, 5) is 2.30. The molecule has 0 amide bonds. The van der Waals surface area contributed by atoms with Crippen LogP contribution in [0.5, 0.6) is 0 Å². The van der Waals surface area contributed by atoms with Gasteiger partial charge in [-0.15, -0.1) is 0 Å². The maximum Gasteiger partial charge on any atom is 0.0610 e. The summed E-state index contributed by atoms with van der Waals surface area (Å²) in [7, 11) is 0. The zero-order valence-corrected chi connectivity index (χ0v) is 8.22. The standard InChI is InChI=1S/C9H21NO/c1-5-7-10(6-2)9(3,4)8-11/h11H,5-8H2,1-4H3. The first-order valence-electron chi connectivity index (χ1n) is 4.44. The number of aliphatic hydroxyl groups is 1. The molecule has 0 aromatic carbocycles. The van der Waals surface area contributed by atoms with Crippen LogP contribution in [0.4, 0.5) is 0 Å². The molecule has 68 valence electrons. The fourth-order valence-electron chi connectivity index (χ4n) is 1.26. The van der Waals surface area contributed by atoms with E-state index in [1.165, 1.54) is 0 Å². The van der Waals surface area contributed by atoms with Crippen molar-refractivity contribution in [2.45, 2.75) is 39.7 Å². The predicted molar refractivity (Wildman–Crippen MR) is 48.7 cm³/mol. The van der Waals surface area contributed by atoms with Gasteiger partial charge in [-0.1, -0.05) is 13.8 Å². The van der Waals surface area contributed by atoms with E-state index in [-0.39, 0.29) is 12.1 Å². The minimum atomic E-state index is -0.0508. The Hall–Kier alpha value is -0.0800. The fraction of sp³-hybridized carbons (Fsp3) is 1.00. The summed E-state index contributed by atoms with van der Waals surface area (Å²) in [6.45, 7) is 10.8. The summed E-state index contributed by atoms with van der Waals surface area (Å²) in [5, 5.41) is 9.08. The molecular weight excluding hydrogens is 138 g/mol. The molecule has 0 heterocycles. The summed E-state index contributed by atoms with van der Waals surface area (Å²) in [6.07, 6.45) is 1.15. The van der Waals surface area contributed by atoms with E-state index in [0.717, 1.165) is 19.5 Å². The summed E-state index contributed by atoms with van der Waals surface area (Å²) >= 11 is 0. The SMILES string of the molecule is CCCN(CC)C(C)(C)CO. The van der Waals surface area contributed by atoms with E-state index < -0.39 is 0 Å². The average molecular weight is 159 g/mol. The van der Waals surface area contributed by atoms with E-state index in [1.807, 2.05) is 0 Å². The van der Waals surface area contributed by atoms with E-state index in [1.54, 1.807) is 0 Å². The highest BCUT2D eigenvalue weighted by atomic mass is 16.3. The highest BCUT2D eigenvalue weighted by molar-refractivity contribution is 4.79. The molecule has 0 rings (SSSR count). The molecule has 2 heteroatoms. The van der Waals surface area contributed by atoms with Crippen molar-refractivity contribution in [3.05, 3.63) is 0 Å². The van der Waals surface area contributed by atoms with E-state index in [2.05, 4.69) is 32.6 Å². The topological polar surface area (TPSA) is 23.5 Å². The molecule has 0 spiro atoms. The molecule has 11 heavy (non-hydrogen) atoms. The summed E-state index contributed by atoms with van der Waals surface area (Å²) in [5.74, 6) is 0. The van der Waals surface area contributed by atoms with Gasteiger partial charge in [-0.3, -0.25) is 4.90 Å². The Bertz CT molecular complexity index is 102. The van der Waals surface area contributed by atoms with Gasteiger partial charge in [0.25, 0.3) is 0 Å². The van der Waals surface area contributed by atoms with Crippen molar-refractivity contribution in [1.29, 1.82) is 0 Å². The number of rotatable bonds is 5. The molecular formula is C9H21NO. The van der Waals surface area contributed by atoms with Crippen LogP contribution in [0.2, 0.25) is 0 Å². The van der Waals surface area contributed by atoms with Gasteiger partial charge < -0.3 is 5.11 Å². The Morgan fingerprint density at radius 2 is 1.82 bits per heavy atom. The Labute approximate surface area is 70.2 Å². The van der Waals surface area contributed by atoms with Crippen molar-refractivity contribution in [1.82, 2.24) is 4.90 Å². The van der Waals surface area contributed by atoms with Crippen LogP contribution >= 0.6 is 0 Å². The molecule has 0 atom stereocenters. The first-order valence-corrected chi connectivity index (χ1v) is 4.44. The third-order valence-electron chi connectivity index (χ3n) is 2.12. The molecule has 0 unspecified atom stereocenters. The van der Waals surface area contributed by atoms with Gasteiger partial charge >= 0.3 is 0 Å². The number of hydrogen-bond acceptors (Lipinski definition) is 2. The first kappa shape index (κ1) is 10.9. The monoisotopic (exact) mass is 159 g/mol. The van der Waals surface area contributed by atoms with E-state index in [0.29, 0.717) is 0 Å².